The zero-order valence-electron chi connectivity index (χ0n) is 7.56. The molecule has 6 heteroatoms. The van der Waals surface area contributed by atoms with Crippen LogP contribution in [0, 0.1) is 0 Å². The molecular formula is C9H8F2O3S. The van der Waals surface area contributed by atoms with Gasteiger partial charge in [-0.05, 0) is 17.7 Å². The Morgan fingerprint density at radius 2 is 1.80 bits per heavy atom. The van der Waals surface area contributed by atoms with Crippen molar-refractivity contribution in [2.45, 2.75) is 11.5 Å². The molecule has 1 rings (SSSR count). The van der Waals surface area contributed by atoms with Crippen molar-refractivity contribution < 1.29 is 21.4 Å². The third kappa shape index (κ3) is 3.10. The van der Waals surface area contributed by atoms with Gasteiger partial charge >= 0.3 is 16.7 Å². The van der Waals surface area contributed by atoms with Gasteiger partial charge in [-0.15, -0.1) is 0 Å². The van der Waals surface area contributed by atoms with E-state index in [9.17, 15) is 17.2 Å². The first-order valence-electron chi connectivity index (χ1n) is 3.89. The first kappa shape index (κ1) is 11.8. The Hall–Kier alpha value is -1.27. The Labute approximate surface area is 86.1 Å². The van der Waals surface area contributed by atoms with E-state index >= 15 is 0 Å². The summed E-state index contributed by atoms with van der Waals surface area (Å²) in [6.07, 6.45) is 1.50. The van der Waals surface area contributed by atoms with E-state index in [4.69, 9.17) is 0 Å². The summed E-state index contributed by atoms with van der Waals surface area (Å²) in [6, 6.07) is 5.23. The molecule has 0 radical (unpaired) electrons. The molecule has 0 heterocycles. The average Bonchev–Trinajstić information content (AvgIpc) is 2.16. The molecule has 0 aromatic heterocycles. The Kier molecular flexibility index (Phi) is 3.54. The lowest BCUT2D eigenvalue weighted by molar-refractivity contribution is -0.0445. The van der Waals surface area contributed by atoms with Gasteiger partial charge in [0.25, 0.3) is 0 Å². The van der Waals surface area contributed by atoms with Crippen LogP contribution in [0.5, 0.6) is 0 Å². The minimum Gasteiger partial charge on any atom is -0.199 e. The monoisotopic (exact) mass is 234 g/mol. The van der Waals surface area contributed by atoms with Crippen molar-refractivity contribution in [2.75, 3.05) is 0 Å². The maximum atomic E-state index is 11.7. The fourth-order valence-corrected chi connectivity index (χ4v) is 1.69. The second kappa shape index (κ2) is 4.50. The van der Waals surface area contributed by atoms with Gasteiger partial charge in [-0.3, -0.25) is 0 Å². The van der Waals surface area contributed by atoms with Crippen molar-refractivity contribution in [3.63, 3.8) is 0 Å². The van der Waals surface area contributed by atoms with E-state index < -0.39 is 16.7 Å². The molecular weight excluding hydrogens is 226 g/mol. The smallest absolute Gasteiger partial charge is 0.199 e. The van der Waals surface area contributed by atoms with Crippen LogP contribution in [0.15, 0.2) is 35.7 Å². The molecule has 82 valence electrons. The van der Waals surface area contributed by atoms with Crippen LogP contribution in [0.25, 0.3) is 6.08 Å². The largest absolute Gasteiger partial charge is 0.359 e. The lowest BCUT2D eigenvalue weighted by atomic mass is 10.2. The summed E-state index contributed by atoms with van der Waals surface area (Å²) in [6.45, 7) is 0.118. The van der Waals surface area contributed by atoms with Gasteiger partial charge in [0.05, 0.1) is 4.90 Å². The molecule has 15 heavy (non-hydrogen) atoms. The molecule has 0 aliphatic carbocycles. The maximum absolute atomic E-state index is 11.7. The molecule has 0 bridgehead atoms. The summed E-state index contributed by atoms with van der Waals surface area (Å²) in [4.78, 5) is -0.312. The fraction of sp³-hybridized carbons (Fsp3) is 0.111. The molecule has 0 saturated heterocycles. The van der Waals surface area contributed by atoms with Gasteiger partial charge in [0.15, 0.2) is 0 Å². The second-order valence-corrected chi connectivity index (χ2v) is 4.16. The summed E-state index contributed by atoms with van der Waals surface area (Å²) in [5, 5.41) is 0. The van der Waals surface area contributed by atoms with Crippen molar-refractivity contribution in [3.8, 4) is 0 Å². The van der Waals surface area contributed by atoms with E-state index in [0.29, 0.717) is 5.56 Å². The maximum Gasteiger partial charge on any atom is 0.359 e. The van der Waals surface area contributed by atoms with E-state index in [-0.39, 0.29) is 4.90 Å². The molecule has 0 saturated carbocycles. The van der Waals surface area contributed by atoms with Crippen molar-refractivity contribution in [3.05, 3.63) is 36.4 Å². The minimum absolute atomic E-state index is 0.312. The molecule has 0 aliphatic rings. The molecule has 1 aromatic rings. The Bertz CT molecular complexity index is 437. The molecule has 3 nitrogen and oxygen atoms in total. The topological polar surface area (TPSA) is 43.4 Å². The van der Waals surface area contributed by atoms with Gasteiger partial charge < -0.3 is 0 Å². The number of halogens is 2. The third-order valence-corrected chi connectivity index (χ3v) is 2.85. The highest BCUT2D eigenvalue weighted by molar-refractivity contribution is 7.86. The predicted molar refractivity (Wildman–Crippen MR) is 50.8 cm³/mol. The van der Waals surface area contributed by atoms with Gasteiger partial charge in [0.2, 0.25) is 0 Å². The normalized spacial score (nSPS) is 11.7. The molecule has 0 unspecified atom stereocenters. The van der Waals surface area contributed by atoms with Crippen molar-refractivity contribution in [1.29, 1.82) is 0 Å². The quantitative estimate of drug-likeness (QED) is 0.750. The van der Waals surface area contributed by atoms with Crippen LogP contribution in [0.1, 0.15) is 5.56 Å². The third-order valence-electron chi connectivity index (χ3n) is 1.60. The van der Waals surface area contributed by atoms with Crippen molar-refractivity contribution >= 4 is 16.2 Å². The van der Waals surface area contributed by atoms with E-state index in [1.807, 2.05) is 0 Å². The van der Waals surface area contributed by atoms with E-state index in [1.165, 1.54) is 30.3 Å². The van der Waals surface area contributed by atoms with Crippen LogP contribution in [-0.2, 0) is 14.3 Å². The zero-order chi connectivity index (χ0) is 11.5. The number of rotatable bonds is 4. The minimum atomic E-state index is -4.37. The molecule has 0 fully saturated rings. The zero-order valence-corrected chi connectivity index (χ0v) is 8.38. The highest BCUT2D eigenvalue weighted by Crippen LogP contribution is 2.16. The first-order chi connectivity index (χ1) is 6.95. The van der Waals surface area contributed by atoms with E-state index in [1.54, 1.807) is 0 Å². The SMILES string of the molecule is C=Cc1ccc(S(=O)(=O)OC(F)F)cc1. The van der Waals surface area contributed by atoms with Crippen LogP contribution in [0.2, 0.25) is 0 Å². The Morgan fingerprint density at radius 1 is 1.27 bits per heavy atom. The van der Waals surface area contributed by atoms with Crippen molar-refractivity contribution in [1.82, 2.24) is 0 Å². The highest BCUT2D eigenvalue weighted by atomic mass is 32.2. The summed E-state index contributed by atoms with van der Waals surface area (Å²) in [7, 11) is -4.37. The first-order valence-corrected chi connectivity index (χ1v) is 5.30. The number of hydrogen-bond acceptors (Lipinski definition) is 3. The molecule has 1 aromatic carbocycles. The summed E-state index contributed by atoms with van der Waals surface area (Å²) < 4.78 is 49.2. The average molecular weight is 234 g/mol. The number of hydrogen-bond donors (Lipinski definition) is 0. The van der Waals surface area contributed by atoms with Crippen molar-refractivity contribution in [2.24, 2.45) is 0 Å². The Morgan fingerprint density at radius 3 is 2.20 bits per heavy atom. The van der Waals surface area contributed by atoms with E-state index in [2.05, 4.69) is 10.8 Å². The van der Waals surface area contributed by atoms with Crippen LogP contribution >= 0.6 is 0 Å². The van der Waals surface area contributed by atoms with Crippen LogP contribution < -0.4 is 0 Å². The number of alkyl halides is 2. The summed E-state index contributed by atoms with van der Waals surface area (Å²) in [5.41, 5.74) is 0.686. The molecule has 0 amide bonds. The summed E-state index contributed by atoms with van der Waals surface area (Å²) >= 11 is 0. The lowest BCUT2D eigenvalue weighted by Gasteiger charge is -2.04. The highest BCUT2D eigenvalue weighted by Gasteiger charge is 2.20. The van der Waals surface area contributed by atoms with Gasteiger partial charge in [-0.25, -0.2) is 0 Å². The van der Waals surface area contributed by atoms with Crippen LogP contribution in [-0.4, -0.2) is 15.0 Å². The molecule has 0 atom stereocenters. The molecule has 0 aliphatic heterocycles. The van der Waals surface area contributed by atoms with Gasteiger partial charge in [-0.2, -0.15) is 21.4 Å². The van der Waals surface area contributed by atoms with Crippen LogP contribution in [0.4, 0.5) is 8.78 Å². The van der Waals surface area contributed by atoms with Gasteiger partial charge in [-0.1, -0.05) is 24.8 Å². The lowest BCUT2D eigenvalue weighted by Crippen LogP contribution is -2.10. The van der Waals surface area contributed by atoms with Crippen LogP contribution in [0.3, 0.4) is 0 Å². The summed E-state index contributed by atoms with van der Waals surface area (Å²) in [5.74, 6) is 0. The molecule has 0 spiro atoms. The standard InChI is InChI=1S/C9H8F2O3S/c1-2-7-3-5-8(6-4-7)15(12,13)14-9(10)11/h2-6,9H,1H2. The predicted octanol–water partition coefficient (Wildman–Crippen LogP) is 2.26. The fourth-order valence-electron chi connectivity index (χ4n) is 0.922. The Balaban J connectivity index is 3.00. The van der Waals surface area contributed by atoms with Gasteiger partial charge in [0, 0.05) is 0 Å². The van der Waals surface area contributed by atoms with E-state index in [0.717, 1.165) is 0 Å². The van der Waals surface area contributed by atoms with Gasteiger partial charge in [0.1, 0.15) is 0 Å². The number of benzene rings is 1. The second-order valence-electron chi connectivity index (χ2n) is 2.58. The molecule has 0 N–H and O–H groups in total.